The van der Waals surface area contributed by atoms with Crippen molar-refractivity contribution >= 4 is 5.97 Å². The van der Waals surface area contributed by atoms with Crippen LogP contribution in [-0.4, -0.2) is 24.2 Å². The Hall–Kier alpha value is -3.34. The van der Waals surface area contributed by atoms with Gasteiger partial charge in [-0.1, -0.05) is 30.3 Å². The quantitative estimate of drug-likeness (QED) is 0.552. The maximum absolute atomic E-state index is 11.2. The second kappa shape index (κ2) is 9.65. The molecule has 2 aromatic carbocycles. The number of pyridine rings is 1. The zero-order chi connectivity index (χ0) is 21.6. The van der Waals surface area contributed by atoms with Crippen LogP contribution in [0.1, 0.15) is 58.6 Å². The molecule has 1 aromatic heterocycles. The number of benzene rings is 2. The highest BCUT2D eigenvalue weighted by molar-refractivity contribution is 5.85. The molecule has 1 aliphatic rings. The molecule has 0 saturated heterocycles. The number of ether oxygens (including phenoxy) is 2. The third-order valence-electron chi connectivity index (χ3n) is 5.92. The highest BCUT2D eigenvalue weighted by atomic mass is 16.5. The third-order valence-corrected chi connectivity index (χ3v) is 5.92. The van der Waals surface area contributed by atoms with Crippen LogP contribution in [0.5, 0.6) is 11.5 Å². The number of carboxylic acid groups (broad SMARTS) is 1. The van der Waals surface area contributed by atoms with Gasteiger partial charge in [-0.3, -0.25) is 4.98 Å². The first-order valence-electron chi connectivity index (χ1n) is 10.7. The van der Waals surface area contributed by atoms with Gasteiger partial charge in [0.05, 0.1) is 19.2 Å². The minimum Gasteiger partial charge on any atom is -0.545 e. The molecule has 1 heterocycles. The summed E-state index contributed by atoms with van der Waals surface area (Å²) in [4.78, 5) is 15.3. The molecule has 1 atom stereocenters. The lowest BCUT2D eigenvalue weighted by Gasteiger charge is -2.22. The van der Waals surface area contributed by atoms with Gasteiger partial charge in [-0.05, 0) is 78.6 Å². The number of nitrogens with zero attached hydrogens (tertiary/aromatic N) is 1. The van der Waals surface area contributed by atoms with Gasteiger partial charge >= 0.3 is 0 Å². The molecule has 0 amide bonds. The topological polar surface area (TPSA) is 71.5 Å². The zero-order valence-corrected chi connectivity index (χ0v) is 17.6. The lowest BCUT2D eigenvalue weighted by molar-refractivity contribution is -0.255. The Bertz CT molecular complexity index is 1010. The highest BCUT2D eigenvalue weighted by Crippen LogP contribution is 2.37. The van der Waals surface area contributed by atoms with E-state index in [2.05, 4.69) is 17.1 Å². The molecule has 5 heteroatoms. The van der Waals surface area contributed by atoms with E-state index in [1.54, 1.807) is 31.6 Å². The molecule has 1 saturated carbocycles. The number of hydrogen-bond donors (Lipinski definition) is 0. The maximum Gasteiger partial charge on any atom is 0.161 e. The fourth-order valence-electron chi connectivity index (χ4n) is 4.22. The van der Waals surface area contributed by atoms with E-state index < -0.39 is 5.97 Å². The molecule has 0 radical (unpaired) electrons. The lowest BCUT2D eigenvalue weighted by atomic mass is 9.85. The molecule has 0 spiro atoms. The summed E-state index contributed by atoms with van der Waals surface area (Å²) in [6, 6.07) is 17.0. The summed E-state index contributed by atoms with van der Waals surface area (Å²) in [5.41, 5.74) is 3.44. The van der Waals surface area contributed by atoms with Crippen molar-refractivity contribution < 1.29 is 19.4 Å². The molecule has 3 aromatic rings. The molecular formula is C26H26NO4-. The summed E-state index contributed by atoms with van der Waals surface area (Å²) in [5, 5.41) is 11.2. The van der Waals surface area contributed by atoms with Gasteiger partial charge in [0.15, 0.2) is 11.5 Å². The van der Waals surface area contributed by atoms with Crippen LogP contribution in [0.15, 0.2) is 67.0 Å². The van der Waals surface area contributed by atoms with E-state index in [1.165, 1.54) is 12.8 Å². The molecule has 0 N–H and O–H groups in total. The summed E-state index contributed by atoms with van der Waals surface area (Å²) in [6.07, 6.45) is 9.08. The van der Waals surface area contributed by atoms with Crippen molar-refractivity contribution in [2.45, 2.75) is 44.1 Å². The van der Waals surface area contributed by atoms with Crippen LogP contribution in [0, 0.1) is 0 Å². The van der Waals surface area contributed by atoms with Gasteiger partial charge in [-0.2, -0.15) is 0 Å². The van der Waals surface area contributed by atoms with Gasteiger partial charge < -0.3 is 19.4 Å². The smallest absolute Gasteiger partial charge is 0.161 e. The van der Waals surface area contributed by atoms with Crippen LogP contribution in [-0.2, 0) is 6.42 Å². The number of carbonyl (C=O) groups is 1. The molecule has 31 heavy (non-hydrogen) atoms. The number of rotatable bonds is 8. The molecule has 160 valence electrons. The van der Waals surface area contributed by atoms with Gasteiger partial charge in [0.1, 0.15) is 0 Å². The normalized spacial score (nSPS) is 14.9. The van der Waals surface area contributed by atoms with E-state index in [-0.39, 0.29) is 17.6 Å². The Kier molecular flexibility index (Phi) is 6.51. The van der Waals surface area contributed by atoms with E-state index in [1.807, 2.05) is 30.3 Å². The van der Waals surface area contributed by atoms with Crippen LogP contribution in [0.4, 0.5) is 0 Å². The Morgan fingerprint density at radius 3 is 2.32 bits per heavy atom. The second-order valence-corrected chi connectivity index (χ2v) is 7.96. The van der Waals surface area contributed by atoms with E-state index in [4.69, 9.17) is 9.47 Å². The molecular weight excluding hydrogens is 390 g/mol. The summed E-state index contributed by atoms with van der Waals surface area (Å²) in [5.74, 6) is 0.340. The summed E-state index contributed by atoms with van der Waals surface area (Å²) >= 11 is 0. The summed E-state index contributed by atoms with van der Waals surface area (Å²) in [7, 11) is 1.66. The lowest BCUT2D eigenvalue weighted by Crippen LogP contribution is -2.22. The number of methoxy groups -OCH3 is 1. The van der Waals surface area contributed by atoms with Crippen molar-refractivity contribution in [3.8, 4) is 11.5 Å². The maximum atomic E-state index is 11.2. The second-order valence-electron chi connectivity index (χ2n) is 7.96. The van der Waals surface area contributed by atoms with E-state index in [0.29, 0.717) is 0 Å². The van der Waals surface area contributed by atoms with Gasteiger partial charge in [-0.15, -0.1) is 0 Å². The Morgan fingerprint density at radius 2 is 1.68 bits per heavy atom. The molecule has 5 nitrogen and oxygen atoms in total. The largest absolute Gasteiger partial charge is 0.545 e. The van der Waals surface area contributed by atoms with Crippen LogP contribution in [0.25, 0.3) is 0 Å². The molecule has 1 fully saturated rings. The Balaban J connectivity index is 1.70. The van der Waals surface area contributed by atoms with Crippen molar-refractivity contribution in [3.05, 3.63) is 89.2 Å². The summed E-state index contributed by atoms with van der Waals surface area (Å²) in [6.45, 7) is 0. The SMILES string of the molecule is COc1ccc(C(Cc2ccncc2)c2ccc(C(=O)[O-])cc2)cc1OC1CCCC1. The fourth-order valence-corrected chi connectivity index (χ4v) is 4.22. The first-order valence-corrected chi connectivity index (χ1v) is 10.7. The van der Waals surface area contributed by atoms with Crippen LogP contribution in [0.2, 0.25) is 0 Å². The van der Waals surface area contributed by atoms with Gasteiger partial charge in [0, 0.05) is 18.3 Å². The van der Waals surface area contributed by atoms with Crippen molar-refractivity contribution in [3.63, 3.8) is 0 Å². The van der Waals surface area contributed by atoms with Crippen molar-refractivity contribution in [1.29, 1.82) is 0 Å². The van der Waals surface area contributed by atoms with Crippen molar-refractivity contribution in [2.75, 3.05) is 7.11 Å². The van der Waals surface area contributed by atoms with E-state index in [9.17, 15) is 9.90 Å². The predicted molar refractivity (Wildman–Crippen MR) is 116 cm³/mol. The van der Waals surface area contributed by atoms with Gasteiger partial charge in [-0.25, -0.2) is 0 Å². The number of carbonyl (C=O) groups excluding carboxylic acids is 1. The number of carboxylic acids is 1. The fraction of sp³-hybridized carbons (Fsp3) is 0.308. The van der Waals surface area contributed by atoms with Gasteiger partial charge in [0.25, 0.3) is 0 Å². The molecule has 0 aliphatic heterocycles. The average molecular weight is 416 g/mol. The Morgan fingerprint density at radius 1 is 1.00 bits per heavy atom. The van der Waals surface area contributed by atoms with Crippen LogP contribution in [0.3, 0.4) is 0 Å². The standard InChI is InChI=1S/C26H27NO4/c1-30-24-11-10-21(17-25(24)31-22-4-2-3-5-22)23(16-18-12-14-27-15-13-18)19-6-8-20(9-7-19)26(28)29/h6-15,17,22-23H,2-5,16H2,1H3,(H,28,29)/p-1. The molecule has 0 bridgehead atoms. The Labute approximate surface area is 182 Å². The minimum atomic E-state index is -1.17. The van der Waals surface area contributed by atoms with E-state index >= 15 is 0 Å². The molecule has 1 unspecified atom stereocenters. The summed E-state index contributed by atoms with van der Waals surface area (Å²) < 4.78 is 11.9. The molecule has 1 aliphatic carbocycles. The first kappa shape index (κ1) is 20.9. The van der Waals surface area contributed by atoms with Crippen LogP contribution >= 0.6 is 0 Å². The first-order chi connectivity index (χ1) is 15.1. The number of hydrogen-bond acceptors (Lipinski definition) is 5. The minimum absolute atomic E-state index is 0.0232. The van der Waals surface area contributed by atoms with Crippen molar-refractivity contribution in [1.82, 2.24) is 4.98 Å². The third kappa shape index (κ3) is 5.05. The zero-order valence-electron chi connectivity index (χ0n) is 17.6. The molecule has 4 rings (SSSR count). The number of aromatic carboxylic acids is 1. The number of aromatic nitrogens is 1. The van der Waals surface area contributed by atoms with Crippen molar-refractivity contribution in [2.24, 2.45) is 0 Å². The van der Waals surface area contributed by atoms with E-state index in [0.717, 1.165) is 47.5 Å². The monoisotopic (exact) mass is 416 g/mol. The highest BCUT2D eigenvalue weighted by Gasteiger charge is 2.21. The average Bonchev–Trinajstić information content (AvgIpc) is 3.31. The van der Waals surface area contributed by atoms with Crippen LogP contribution < -0.4 is 14.6 Å². The predicted octanol–water partition coefficient (Wildman–Crippen LogP) is 4.15. The van der Waals surface area contributed by atoms with Gasteiger partial charge in [0.2, 0.25) is 0 Å².